The van der Waals surface area contributed by atoms with Gasteiger partial charge in [0.15, 0.2) is 0 Å². The maximum absolute atomic E-state index is 6.61. The summed E-state index contributed by atoms with van der Waals surface area (Å²) in [5.74, 6) is 0.166. The Labute approximate surface area is 192 Å². The molecule has 2 aromatic rings. The molecule has 0 spiro atoms. The second kappa shape index (κ2) is 11.6. The van der Waals surface area contributed by atoms with Crippen molar-refractivity contribution in [2.75, 3.05) is 0 Å². The first kappa shape index (κ1) is 24.6. The van der Waals surface area contributed by atoms with Gasteiger partial charge in [0.05, 0.1) is 0 Å². The van der Waals surface area contributed by atoms with E-state index in [4.69, 9.17) is 4.43 Å². The fourth-order valence-electron chi connectivity index (χ4n) is 3.49. The second-order valence-electron chi connectivity index (χ2n) is 8.79. The molecule has 2 rings (SSSR count). The van der Waals surface area contributed by atoms with Crippen molar-refractivity contribution < 1.29 is 4.43 Å². The molecule has 0 heterocycles. The Morgan fingerprint density at radius 1 is 1.00 bits per heavy atom. The Morgan fingerprint density at radius 2 is 1.47 bits per heavy atom. The number of nitrogens with zero attached hydrogens (tertiary/aromatic N) is 1. The van der Waals surface area contributed by atoms with Crippen molar-refractivity contribution in [2.24, 2.45) is 5.92 Å². The minimum atomic E-state index is -1.74. The van der Waals surface area contributed by atoms with Crippen molar-refractivity contribution in [3.8, 4) is 0 Å². The molecule has 160 valence electrons. The topological polar surface area (TPSA) is 12.5 Å². The van der Waals surface area contributed by atoms with Gasteiger partial charge in [-0.1, -0.05) is 0 Å². The molecule has 0 saturated carbocycles. The van der Waals surface area contributed by atoms with E-state index in [9.17, 15) is 0 Å². The first-order chi connectivity index (χ1) is 14.2. The molecule has 0 unspecified atom stereocenters. The summed E-state index contributed by atoms with van der Waals surface area (Å²) in [6.45, 7) is 18.7. The summed E-state index contributed by atoms with van der Waals surface area (Å²) >= 11 is 3.41. The first-order valence-electron chi connectivity index (χ1n) is 10.5. The van der Waals surface area contributed by atoms with Gasteiger partial charge < -0.3 is 0 Å². The molecule has 0 N–H and O–H groups in total. The van der Waals surface area contributed by atoms with Crippen LogP contribution in [0, 0.1) is 5.92 Å². The van der Waals surface area contributed by atoms with E-state index in [1.807, 2.05) is 6.08 Å². The average Bonchev–Trinajstić information content (AvgIpc) is 2.70. The monoisotopic (exact) mass is 485 g/mol. The predicted molar refractivity (Wildman–Crippen MR) is 134 cm³/mol. The third kappa shape index (κ3) is 7.85. The molecule has 0 aliphatic carbocycles. The molecule has 0 aliphatic rings. The first-order valence-corrected chi connectivity index (χ1v) is 14.8. The van der Waals surface area contributed by atoms with E-state index in [2.05, 4.69) is 121 Å². The van der Waals surface area contributed by atoms with E-state index in [1.165, 1.54) is 15.7 Å². The van der Waals surface area contributed by atoms with Crippen molar-refractivity contribution in [2.45, 2.75) is 52.2 Å². The quantitative estimate of drug-likeness (QED) is 0.272. The van der Waals surface area contributed by atoms with Crippen LogP contribution in [0.4, 0.5) is 0 Å². The van der Waals surface area contributed by atoms with Gasteiger partial charge in [0.25, 0.3) is 0 Å². The number of hydrogen-bond acceptors (Lipinski definition) is 2. The molecule has 0 aliphatic heterocycles. The minimum absolute atomic E-state index is 0.0278. The second-order valence-corrected chi connectivity index (χ2v) is 14.1. The van der Waals surface area contributed by atoms with Crippen LogP contribution in [0.1, 0.15) is 24.5 Å². The standard InChI is InChI=1S/C26H35NOSeSi/c1-7-14-24(25(21(2)3)28-30(4,5)6)26(29)27(19-22-15-10-8-11-16-22)20-23-17-12-9-13-18-23/h7-13,15-18,24-25H,1-2,14,19-20H2,3-6H3/t24-,25+/m0/s1. The van der Waals surface area contributed by atoms with Crippen LogP contribution in [-0.2, 0) is 17.5 Å². The normalized spacial score (nSPS) is 13.3. The van der Waals surface area contributed by atoms with Crippen molar-refractivity contribution in [1.29, 1.82) is 0 Å². The van der Waals surface area contributed by atoms with Gasteiger partial charge in [-0.15, -0.1) is 0 Å². The summed E-state index contributed by atoms with van der Waals surface area (Å²) < 4.78 is 7.81. The molecule has 4 heteroatoms. The van der Waals surface area contributed by atoms with Crippen LogP contribution >= 0.6 is 0 Å². The van der Waals surface area contributed by atoms with E-state index < -0.39 is 8.32 Å². The fraction of sp³-hybridized carbons (Fsp3) is 0.346. The van der Waals surface area contributed by atoms with Crippen LogP contribution in [0.3, 0.4) is 0 Å². The molecule has 30 heavy (non-hydrogen) atoms. The van der Waals surface area contributed by atoms with Crippen molar-refractivity contribution in [3.05, 3.63) is 96.6 Å². The molecule has 2 atom stereocenters. The van der Waals surface area contributed by atoms with Gasteiger partial charge in [-0.2, -0.15) is 0 Å². The van der Waals surface area contributed by atoms with Crippen LogP contribution in [0.5, 0.6) is 0 Å². The van der Waals surface area contributed by atoms with Crippen molar-refractivity contribution in [1.82, 2.24) is 4.90 Å². The van der Waals surface area contributed by atoms with Gasteiger partial charge in [-0.05, 0) is 0 Å². The van der Waals surface area contributed by atoms with E-state index in [0.29, 0.717) is 0 Å². The molecule has 0 aromatic heterocycles. The molecule has 2 nitrogen and oxygen atoms in total. The van der Waals surface area contributed by atoms with Gasteiger partial charge in [0, 0.05) is 0 Å². The maximum atomic E-state index is 6.61. The van der Waals surface area contributed by atoms with E-state index in [1.54, 1.807) is 0 Å². The van der Waals surface area contributed by atoms with E-state index >= 15 is 0 Å². The molecular formula is C26H35NOSeSi. The summed E-state index contributed by atoms with van der Waals surface area (Å²) in [4.78, 5) is 2.43. The Morgan fingerprint density at radius 3 is 1.83 bits per heavy atom. The molecular weight excluding hydrogens is 449 g/mol. The molecule has 2 aromatic carbocycles. The van der Waals surface area contributed by atoms with Gasteiger partial charge in [0.2, 0.25) is 0 Å². The van der Waals surface area contributed by atoms with Gasteiger partial charge in [-0.25, -0.2) is 0 Å². The Kier molecular flexibility index (Phi) is 9.51. The summed E-state index contributed by atoms with van der Waals surface area (Å²) in [5.41, 5.74) is 3.64. The number of benzene rings is 2. The summed E-state index contributed by atoms with van der Waals surface area (Å²) in [6.07, 6.45) is 2.80. The number of rotatable bonds is 12. The molecule has 0 radical (unpaired) electrons. The van der Waals surface area contributed by atoms with E-state index in [0.717, 1.165) is 25.1 Å². The summed E-state index contributed by atoms with van der Waals surface area (Å²) in [6, 6.07) is 21.3. The third-order valence-corrected chi connectivity index (χ3v) is 6.95. The van der Waals surface area contributed by atoms with Crippen molar-refractivity contribution >= 4 is 28.4 Å². The van der Waals surface area contributed by atoms with Crippen molar-refractivity contribution in [3.63, 3.8) is 0 Å². The fourth-order valence-corrected chi connectivity index (χ4v) is 5.35. The number of allylic oxidation sites excluding steroid dienone is 1. The Bertz CT molecular complexity index is 788. The zero-order valence-electron chi connectivity index (χ0n) is 18.8. The van der Waals surface area contributed by atoms with Crippen LogP contribution in [0.15, 0.2) is 85.5 Å². The molecule has 0 bridgehead atoms. The zero-order valence-corrected chi connectivity index (χ0v) is 21.5. The molecule has 0 amide bonds. The van der Waals surface area contributed by atoms with Gasteiger partial charge in [0.1, 0.15) is 0 Å². The Hall–Kier alpha value is -1.71. The predicted octanol–water partition coefficient (Wildman–Crippen LogP) is 5.98. The van der Waals surface area contributed by atoms with E-state index in [-0.39, 0.29) is 12.0 Å². The van der Waals surface area contributed by atoms with Crippen LogP contribution < -0.4 is 0 Å². The van der Waals surface area contributed by atoms with Crippen LogP contribution in [0.2, 0.25) is 19.6 Å². The average molecular weight is 485 g/mol. The molecule has 0 fully saturated rings. The number of hydrogen-bond donors (Lipinski definition) is 0. The summed E-state index contributed by atoms with van der Waals surface area (Å²) in [5, 5.41) is 0. The Balaban J connectivity index is 2.37. The zero-order chi connectivity index (χ0) is 22.1. The van der Waals surface area contributed by atoms with Gasteiger partial charge in [-0.3, -0.25) is 0 Å². The van der Waals surface area contributed by atoms with Crippen LogP contribution in [0.25, 0.3) is 0 Å². The van der Waals surface area contributed by atoms with Crippen LogP contribution in [-0.4, -0.2) is 39.4 Å². The third-order valence-electron chi connectivity index (χ3n) is 4.81. The molecule has 0 saturated heterocycles. The SMILES string of the molecule is C=CC[C@H](C(=[Se])N(Cc1ccccc1)Cc1ccccc1)[C@H](O[Si](C)(C)C)C(=C)C. The van der Waals surface area contributed by atoms with Gasteiger partial charge >= 0.3 is 192 Å². The summed E-state index contributed by atoms with van der Waals surface area (Å²) in [7, 11) is -1.74.